The molecule has 2 atom stereocenters. The van der Waals surface area contributed by atoms with Crippen LogP contribution in [0.3, 0.4) is 0 Å². The van der Waals surface area contributed by atoms with Crippen LogP contribution in [0.4, 0.5) is 4.39 Å². The summed E-state index contributed by atoms with van der Waals surface area (Å²) in [4.78, 5) is 29.5. The molecule has 2 unspecified atom stereocenters. The Bertz CT molecular complexity index is 767. The van der Waals surface area contributed by atoms with Gasteiger partial charge in [0.1, 0.15) is 5.82 Å². The smallest absolute Gasteiger partial charge is 0.264 e. The lowest BCUT2D eigenvalue weighted by Gasteiger charge is -2.34. The van der Waals surface area contributed by atoms with Crippen LogP contribution >= 0.6 is 11.3 Å². The van der Waals surface area contributed by atoms with Gasteiger partial charge in [-0.15, -0.1) is 11.3 Å². The summed E-state index contributed by atoms with van der Waals surface area (Å²) >= 11 is 1.45. The summed E-state index contributed by atoms with van der Waals surface area (Å²) in [6, 6.07) is 10.1. The van der Waals surface area contributed by atoms with Crippen LogP contribution in [0.15, 0.2) is 41.8 Å². The van der Waals surface area contributed by atoms with Gasteiger partial charge in [0.15, 0.2) is 0 Å². The Morgan fingerprint density at radius 1 is 1.00 bits per heavy atom. The first kappa shape index (κ1) is 16.3. The first-order valence-electron chi connectivity index (χ1n) is 8.50. The van der Waals surface area contributed by atoms with E-state index >= 15 is 0 Å². The Morgan fingerprint density at radius 2 is 1.68 bits per heavy atom. The van der Waals surface area contributed by atoms with E-state index in [9.17, 15) is 14.0 Å². The zero-order valence-corrected chi connectivity index (χ0v) is 14.5. The maximum Gasteiger partial charge on any atom is 0.264 e. The summed E-state index contributed by atoms with van der Waals surface area (Å²) in [5.74, 6) is 0.179. The number of rotatable bonds is 3. The number of carbonyl (C=O) groups excluding carboxylic acids is 2. The fourth-order valence-electron chi connectivity index (χ4n) is 3.47. The van der Waals surface area contributed by atoms with Crippen molar-refractivity contribution >= 4 is 23.2 Å². The minimum atomic E-state index is -0.251. The Balaban J connectivity index is 1.32. The number of hydrogen-bond donors (Lipinski definition) is 0. The number of piperazine rings is 1. The average molecular weight is 358 g/mol. The SMILES string of the molecule is O=C(c1cccs1)N1CCN(C(=O)C2CC2c2ccc(F)cc2)CC1. The van der Waals surface area contributed by atoms with Crippen molar-refractivity contribution in [3.05, 3.63) is 58.0 Å². The molecule has 4 rings (SSSR count). The molecule has 6 heteroatoms. The second kappa shape index (κ2) is 6.59. The van der Waals surface area contributed by atoms with Gasteiger partial charge in [-0.2, -0.15) is 0 Å². The first-order chi connectivity index (χ1) is 12.1. The molecule has 0 spiro atoms. The number of nitrogens with zero attached hydrogens (tertiary/aromatic N) is 2. The number of amides is 2. The number of thiophene rings is 1. The quantitative estimate of drug-likeness (QED) is 0.846. The van der Waals surface area contributed by atoms with Crippen molar-refractivity contribution < 1.29 is 14.0 Å². The van der Waals surface area contributed by atoms with E-state index in [1.165, 1.54) is 23.5 Å². The van der Waals surface area contributed by atoms with Crippen molar-refractivity contribution in [1.29, 1.82) is 0 Å². The van der Waals surface area contributed by atoms with Crippen molar-refractivity contribution in [1.82, 2.24) is 9.80 Å². The third-order valence-corrected chi connectivity index (χ3v) is 5.87. The third kappa shape index (κ3) is 3.31. The van der Waals surface area contributed by atoms with Gasteiger partial charge in [-0.05, 0) is 41.5 Å². The van der Waals surface area contributed by atoms with Crippen LogP contribution < -0.4 is 0 Å². The lowest BCUT2D eigenvalue weighted by molar-refractivity contribution is -0.134. The highest BCUT2D eigenvalue weighted by molar-refractivity contribution is 7.12. The van der Waals surface area contributed by atoms with E-state index in [4.69, 9.17) is 0 Å². The largest absolute Gasteiger partial charge is 0.339 e. The van der Waals surface area contributed by atoms with Gasteiger partial charge in [-0.1, -0.05) is 18.2 Å². The molecular weight excluding hydrogens is 339 g/mol. The summed E-state index contributed by atoms with van der Waals surface area (Å²) < 4.78 is 13.0. The van der Waals surface area contributed by atoms with Gasteiger partial charge < -0.3 is 9.80 Å². The molecule has 2 aliphatic rings. The number of halogens is 1. The topological polar surface area (TPSA) is 40.6 Å². The molecule has 4 nitrogen and oxygen atoms in total. The predicted molar refractivity (Wildman–Crippen MR) is 94.1 cm³/mol. The summed E-state index contributed by atoms with van der Waals surface area (Å²) in [5.41, 5.74) is 1.03. The molecule has 1 aromatic heterocycles. The van der Waals surface area contributed by atoms with Crippen molar-refractivity contribution in [2.45, 2.75) is 12.3 Å². The Morgan fingerprint density at radius 3 is 2.32 bits per heavy atom. The fourth-order valence-corrected chi connectivity index (χ4v) is 4.16. The van der Waals surface area contributed by atoms with Gasteiger partial charge in [-0.25, -0.2) is 4.39 Å². The first-order valence-corrected chi connectivity index (χ1v) is 9.38. The molecule has 0 N–H and O–H groups in total. The zero-order chi connectivity index (χ0) is 17.4. The number of hydrogen-bond acceptors (Lipinski definition) is 3. The van der Waals surface area contributed by atoms with E-state index in [2.05, 4.69) is 0 Å². The Hall–Kier alpha value is -2.21. The minimum absolute atomic E-state index is 0.00464. The highest BCUT2D eigenvalue weighted by atomic mass is 32.1. The molecule has 1 aromatic carbocycles. The molecule has 0 radical (unpaired) electrons. The second-order valence-corrected chi connectivity index (χ2v) is 7.54. The fraction of sp³-hybridized carbons (Fsp3) is 0.368. The second-order valence-electron chi connectivity index (χ2n) is 6.60. The van der Waals surface area contributed by atoms with Crippen LogP contribution in [-0.2, 0) is 4.79 Å². The molecular formula is C19H19FN2O2S. The highest BCUT2D eigenvalue weighted by Gasteiger charge is 2.46. The van der Waals surface area contributed by atoms with Crippen LogP contribution in [0.2, 0.25) is 0 Å². The molecule has 1 saturated heterocycles. The normalized spacial score (nSPS) is 22.8. The number of benzene rings is 1. The van der Waals surface area contributed by atoms with Crippen molar-refractivity contribution in [3.8, 4) is 0 Å². The van der Waals surface area contributed by atoms with E-state index in [1.54, 1.807) is 12.1 Å². The molecule has 2 amide bonds. The average Bonchev–Trinajstić information content (AvgIpc) is 3.25. The number of carbonyl (C=O) groups is 2. The predicted octanol–water partition coefficient (Wildman–Crippen LogP) is 2.98. The van der Waals surface area contributed by atoms with E-state index in [0.717, 1.165) is 16.9 Å². The van der Waals surface area contributed by atoms with Crippen LogP contribution in [0.5, 0.6) is 0 Å². The molecule has 2 fully saturated rings. The third-order valence-electron chi connectivity index (χ3n) is 5.02. The molecule has 0 bridgehead atoms. The standard InChI is InChI=1S/C19H19FN2O2S/c20-14-5-3-13(4-6-14)15-12-16(15)18(23)21-7-9-22(10-8-21)19(24)17-2-1-11-25-17/h1-6,11,15-16H,7-10,12H2. The van der Waals surface area contributed by atoms with Gasteiger partial charge in [0.25, 0.3) is 5.91 Å². The molecule has 2 aromatic rings. The van der Waals surface area contributed by atoms with Gasteiger partial charge in [0, 0.05) is 32.1 Å². The maximum absolute atomic E-state index is 13.0. The maximum atomic E-state index is 13.0. The lowest BCUT2D eigenvalue weighted by Crippen LogP contribution is -2.51. The van der Waals surface area contributed by atoms with E-state index < -0.39 is 0 Å². The summed E-state index contributed by atoms with van der Waals surface area (Å²) in [6.45, 7) is 2.33. The van der Waals surface area contributed by atoms with Crippen LogP contribution in [0.25, 0.3) is 0 Å². The minimum Gasteiger partial charge on any atom is -0.339 e. The molecule has 1 saturated carbocycles. The van der Waals surface area contributed by atoms with Crippen molar-refractivity contribution in [2.24, 2.45) is 5.92 Å². The Labute approximate surface area is 149 Å². The van der Waals surface area contributed by atoms with Gasteiger partial charge in [0.2, 0.25) is 5.91 Å². The molecule has 1 aliphatic carbocycles. The van der Waals surface area contributed by atoms with E-state index in [0.29, 0.717) is 26.2 Å². The van der Waals surface area contributed by atoms with Crippen molar-refractivity contribution in [3.63, 3.8) is 0 Å². The highest BCUT2D eigenvalue weighted by Crippen LogP contribution is 2.48. The van der Waals surface area contributed by atoms with Crippen LogP contribution in [0.1, 0.15) is 27.6 Å². The molecule has 130 valence electrons. The van der Waals surface area contributed by atoms with Crippen molar-refractivity contribution in [2.75, 3.05) is 26.2 Å². The van der Waals surface area contributed by atoms with Crippen LogP contribution in [0, 0.1) is 11.7 Å². The van der Waals surface area contributed by atoms with E-state index in [1.807, 2.05) is 27.3 Å². The molecule has 1 aliphatic heterocycles. The van der Waals surface area contributed by atoms with Gasteiger partial charge in [-0.3, -0.25) is 9.59 Å². The molecule has 25 heavy (non-hydrogen) atoms. The van der Waals surface area contributed by atoms with Gasteiger partial charge >= 0.3 is 0 Å². The monoisotopic (exact) mass is 358 g/mol. The lowest BCUT2D eigenvalue weighted by atomic mass is 10.1. The molecule has 2 heterocycles. The van der Waals surface area contributed by atoms with Crippen LogP contribution in [-0.4, -0.2) is 47.8 Å². The van der Waals surface area contributed by atoms with E-state index in [-0.39, 0.29) is 29.5 Å². The summed E-state index contributed by atoms with van der Waals surface area (Å²) in [5, 5.41) is 1.90. The Kier molecular flexibility index (Phi) is 4.29. The summed E-state index contributed by atoms with van der Waals surface area (Å²) in [7, 11) is 0. The van der Waals surface area contributed by atoms with Gasteiger partial charge in [0.05, 0.1) is 4.88 Å². The zero-order valence-electron chi connectivity index (χ0n) is 13.7. The summed E-state index contributed by atoms with van der Waals surface area (Å²) in [6.07, 6.45) is 0.832.